The maximum absolute atomic E-state index is 11.0. The number of hydrogen-bond acceptors (Lipinski definition) is 2. The molecule has 0 spiro atoms. The summed E-state index contributed by atoms with van der Waals surface area (Å²) in [4.78, 5) is 11.0. The predicted octanol–water partition coefficient (Wildman–Crippen LogP) is 2.43. The zero-order valence-electron chi connectivity index (χ0n) is 7.02. The van der Waals surface area contributed by atoms with Gasteiger partial charge in [0.2, 0.25) is 0 Å². The molecular weight excluding hydrogens is 174 g/mol. The molecule has 0 heterocycles. The average Bonchev–Trinajstić information content (AvgIpc) is 2.00. The van der Waals surface area contributed by atoms with Gasteiger partial charge in [0, 0.05) is 16.3 Å². The molecule has 0 aliphatic heterocycles. The number of nitrogens with two attached hydrogens (primary N) is 1. The summed E-state index contributed by atoms with van der Waals surface area (Å²) in [6.45, 7) is 3.28. The van der Waals surface area contributed by atoms with Crippen molar-refractivity contribution in [3.63, 3.8) is 0 Å². The summed E-state index contributed by atoms with van der Waals surface area (Å²) in [6.07, 6.45) is 0. The van der Waals surface area contributed by atoms with Gasteiger partial charge in [-0.3, -0.25) is 4.79 Å². The van der Waals surface area contributed by atoms with E-state index in [1.165, 1.54) is 6.92 Å². The highest BCUT2D eigenvalue weighted by atomic mass is 35.5. The fourth-order valence-electron chi connectivity index (χ4n) is 1.01. The molecule has 0 bridgehead atoms. The maximum atomic E-state index is 11.0. The number of Topliss-reactive ketones (excluding diaryl/α,β-unsaturated/α-hetero) is 1. The highest BCUT2D eigenvalue weighted by molar-refractivity contribution is 6.32. The summed E-state index contributed by atoms with van der Waals surface area (Å²) in [6, 6.07) is 3.33. The number of nitrogen functional groups attached to an aromatic ring is 1. The summed E-state index contributed by atoms with van der Waals surface area (Å²) in [5.74, 6) is -0.0349. The Morgan fingerprint density at radius 2 is 2.08 bits per heavy atom. The summed E-state index contributed by atoms with van der Waals surface area (Å²) in [5, 5.41) is 0.595. The molecular formula is C9H10ClNO. The van der Waals surface area contributed by atoms with E-state index in [2.05, 4.69) is 0 Å². The Kier molecular flexibility index (Phi) is 2.38. The van der Waals surface area contributed by atoms with Crippen molar-refractivity contribution in [2.45, 2.75) is 13.8 Å². The van der Waals surface area contributed by atoms with Crippen LogP contribution in [0, 0.1) is 6.92 Å². The molecule has 0 unspecified atom stereocenters. The highest BCUT2D eigenvalue weighted by Crippen LogP contribution is 2.24. The second-order valence-corrected chi connectivity index (χ2v) is 3.10. The van der Waals surface area contributed by atoms with Crippen molar-refractivity contribution in [3.05, 3.63) is 28.3 Å². The van der Waals surface area contributed by atoms with E-state index in [-0.39, 0.29) is 5.78 Å². The molecule has 64 valence electrons. The predicted molar refractivity (Wildman–Crippen MR) is 50.6 cm³/mol. The molecule has 0 radical (unpaired) electrons. The number of rotatable bonds is 1. The minimum atomic E-state index is -0.0349. The SMILES string of the molecule is CC(=O)c1ccc(Cl)c(C)c1N. The van der Waals surface area contributed by atoms with E-state index >= 15 is 0 Å². The Balaban J connectivity index is 3.36. The average molecular weight is 184 g/mol. The van der Waals surface area contributed by atoms with E-state index < -0.39 is 0 Å². The molecule has 0 aliphatic carbocycles. The molecule has 0 saturated heterocycles. The second-order valence-electron chi connectivity index (χ2n) is 2.69. The van der Waals surface area contributed by atoms with Gasteiger partial charge in [-0.2, -0.15) is 0 Å². The van der Waals surface area contributed by atoms with Crippen LogP contribution in [0.1, 0.15) is 22.8 Å². The van der Waals surface area contributed by atoms with Gasteiger partial charge in [0.1, 0.15) is 0 Å². The quantitative estimate of drug-likeness (QED) is 0.537. The summed E-state index contributed by atoms with van der Waals surface area (Å²) in [7, 11) is 0. The lowest BCUT2D eigenvalue weighted by Crippen LogP contribution is -2.01. The monoisotopic (exact) mass is 183 g/mol. The van der Waals surface area contributed by atoms with Gasteiger partial charge < -0.3 is 5.73 Å². The van der Waals surface area contributed by atoms with Crippen LogP contribution in [0.4, 0.5) is 5.69 Å². The minimum absolute atomic E-state index is 0.0349. The third kappa shape index (κ3) is 1.43. The first-order valence-corrected chi connectivity index (χ1v) is 3.97. The first kappa shape index (κ1) is 9.07. The van der Waals surface area contributed by atoms with Gasteiger partial charge in [0.25, 0.3) is 0 Å². The number of anilines is 1. The lowest BCUT2D eigenvalue weighted by atomic mass is 10.1. The largest absolute Gasteiger partial charge is 0.398 e. The fourth-order valence-corrected chi connectivity index (χ4v) is 1.17. The molecule has 2 N–H and O–H groups in total. The Bertz CT molecular complexity index is 334. The number of benzene rings is 1. The molecule has 12 heavy (non-hydrogen) atoms. The van der Waals surface area contributed by atoms with E-state index in [1.54, 1.807) is 19.1 Å². The van der Waals surface area contributed by atoms with E-state index in [0.29, 0.717) is 16.3 Å². The molecule has 0 atom stereocenters. The van der Waals surface area contributed by atoms with Crippen molar-refractivity contribution in [1.29, 1.82) is 0 Å². The standard InChI is InChI=1S/C9H10ClNO/c1-5-8(10)4-3-7(6(2)12)9(5)11/h3-4H,11H2,1-2H3. The normalized spacial score (nSPS) is 9.92. The van der Waals surface area contributed by atoms with Crippen LogP contribution in [0.25, 0.3) is 0 Å². The van der Waals surface area contributed by atoms with Gasteiger partial charge in [0.05, 0.1) is 0 Å². The number of carbonyl (C=O) groups excluding carboxylic acids is 1. The lowest BCUT2D eigenvalue weighted by Gasteiger charge is -2.06. The smallest absolute Gasteiger partial charge is 0.161 e. The minimum Gasteiger partial charge on any atom is -0.398 e. The highest BCUT2D eigenvalue weighted by Gasteiger charge is 2.08. The maximum Gasteiger partial charge on any atom is 0.161 e. The van der Waals surface area contributed by atoms with Gasteiger partial charge in [0.15, 0.2) is 5.78 Å². The topological polar surface area (TPSA) is 43.1 Å². The number of ketones is 1. The molecule has 1 aromatic rings. The van der Waals surface area contributed by atoms with Crippen LogP contribution in [-0.2, 0) is 0 Å². The van der Waals surface area contributed by atoms with Crippen LogP contribution in [0.5, 0.6) is 0 Å². The van der Waals surface area contributed by atoms with E-state index in [9.17, 15) is 4.79 Å². The van der Waals surface area contributed by atoms with E-state index in [0.717, 1.165) is 5.56 Å². The van der Waals surface area contributed by atoms with Crippen molar-refractivity contribution in [2.75, 3.05) is 5.73 Å². The number of carbonyl (C=O) groups is 1. The van der Waals surface area contributed by atoms with Crippen LogP contribution in [0.3, 0.4) is 0 Å². The van der Waals surface area contributed by atoms with Gasteiger partial charge in [-0.25, -0.2) is 0 Å². The molecule has 0 saturated carbocycles. The van der Waals surface area contributed by atoms with E-state index in [1.807, 2.05) is 0 Å². The first-order valence-electron chi connectivity index (χ1n) is 3.59. The number of hydrogen-bond donors (Lipinski definition) is 1. The fraction of sp³-hybridized carbons (Fsp3) is 0.222. The van der Waals surface area contributed by atoms with Crippen molar-refractivity contribution < 1.29 is 4.79 Å². The van der Waals surface area contributed by atoms with Crippen molar-refractivity contribution >= 4 is 23.1 Å². The van der Waals surface area contributed by atoms with Crippen LogP contribution < -0.4 is 5.73 Å². The van der Waals surface area contributed by atoms with Gasteiger partial charge in [-0.15, -0.1) is 0 Å². The van der Waals surface area contributed by atoms with Gasteiger partial charge >= 0.3 is 0 Å². The Morgan fingerprint density at radius 3 is 2.58 bits per heavy atom. The van der Waals surface area contributed by atoms with Crippen LogP contribution in [-0.4, -0.2) is 5.78 Å². The van der Waals surface area contributed by atoms with E-state index in [4.69, 9.17) is 17.3 Å². The third-order valence-electron chi connectivity index (χ3n) is 1.83. The molecule has 0 aromatic heterocycles. The Hall–Kier alpha value is -1.02. The Morgan fingerprint density at radius 1 is 1.50 bits per heavy atom. The zero-order valence-corrected chi connectivity index (χ0v) is 7.77. The van der Waals surface area contributed by atoms with Crippen LogP contribution in [0.15, 0.2) is 12.1 Å². The molecule has 1 rings (SSSR count). The van der Waals surface area contributed by atoms with Crippen molar-refractivity contribution in [2.24, 2.45) is 0 Å². The lowest BCUT2D eigenvalue weighted by molar-refractivity contribution is 0.101. The van der Waals surface area contributed by atoms with Gasteiger partial charge in [-0.1, -0.05) is 11.6 Å². The van der Waals surface area contributed by atoms with Crippen LogP contribution in [0.2, 0.25) is 5.02 Å². The summed E-state index contributed by atoms with van der Waals surface area (Å²) < 4.78 is 0. The second kappa shape index (κ2) is 3.15. The molecule has 3 heteroatoms. The summed E-state index contributed by atoms with van der Waals surface area (Å²) >= 11 is 5.80. The molecule has 0 aliphatic rings. The Labute approximate surface area is 76.3 Å². The van der Waals surface area contributed by atoms with Gasteiger partial charge in [-0.05, 0) is 31.5 Å². The molecule has 0 amide bonds. The number of halogens is 1. The zero-order chi connectivity index (χ0) is 9.30. The molecule has 2 nitrogen and oxygen atoms in total. The van der Waals surface area contributed by atoms with Crippen molar-refractivity contribution in [1.82, 2.24) is 0 Å². The van der Waals surface area contributed by atoms with Crippen molar-refractivity contribution in [3.8, 4) is 0 Å². The summed E-state index contributed by atoms with van der Waals surface area (Å²) in [5.41, 5.74) is 7.47. The third-order valence-corrected chi connectivity index (χ3v) is 2.24. The van der Waals surface area contributed by atoms with Crippen LogP contribution >= 0.6 is 11.6 Å². The first-order chi connectivity index (χ1) is 5.54. The molecule has 0 fully saturated rings. The molecule has 1 aromatic carbocycles.